The minimum Gasteiger partial charge on any atom is -0.462 e. The van der Waals surface area contributed by atoms with Crippen LogP contribution in [0.5, 0.6) is 0 Å². The second-order valence-corrected chi connectivity index (χ2v) is 21.9. The number of hydrogen-bond donors (Lipinski definition) is 2. The van der Waals surface area contributed by atoms with E-state index in [-0.39, 0.29) is 25.9 Å². The highest BCUT2D eigenvalue weighted by Gasteiger charge is 2.28. The van der Waals surface area contributed by atoms with Gasteiger partial charge in [0.05, 0.1) is 19.8 Å². The van der Waals surface area contributed by atoms with Crippen LogP contribution in [0.2, 0.25) is 0 Å². The molecule has 0 aliphatic carbocycles. The van der Waals surface area contributed by atoms with Crippen molar-refractivity contribution in [1.29, 1.82) is 0 Å². The molecule has 0 aliphatic rings. The molecule has 0 heterocycles. The van der Waals surface area contributed by atoms with Gasteiger partial charge in [-0.2, -0.15) is 0 Å². The molecule has 0 saturated carbocycles. The van der Waals surface area contributed by atoms with E-state index in [2.05, 4.69) is 93.7 Å². The summed E-state index contributed by atoms with van der Waals surface area (Å²) in [5.74, 6) is -1.48. The molecular formula is C64H113O11P. The zero-order valence-electron chi connectivity index (χ0n) is 48.7. The van der Waals surface area contributed by atoms with Crippen LogP contribution in [0.4, 0.5) is 0 Å². The maximum Gasteiger partial charge on any atom is 0.472 e. The molecule has 0 aromatic heterocycles. The molecule has 0 bridgehead atoms. The maximum atomic E-state index is 12.9. The Kier molecular flexibility index (Phi) is 55.7. The Morgan fingerprint density at radius 3 is 1.08 bits per heavy atom. The van der Waals surface area contributed by atoms with Crippen molar-refractivity contribution < 1.29 is 52.2 Å². The Morgan fingerprint density at radius 1 is 0.382 bits per heavy atom. The summed E-state index contributed by atoms with van der Waals surface area (Å²) in [5, 5.41) is 9.84. The summed E-state index contributed by atoms with van der Waals surface area (Å²) in [6.07, 6.45) is 65.6. The number of unbranched alkanes of at least 4 members (excludes halogenated alkanes) is 28. The van der Waals surface area contributed by atoms with Gasteiger partial charge in [0.1, 0.15) is 12.7 Å². The van der Waals surface area contributed by atoms with Crippen LogP contribution in [-0.2, 0) is 42.2 Å². The van der Waals surface area contributed by atoms with E-state index < -0.39 is 57.8 Å². The molecule has 0 radical (unpaired) electrons. The summed E-state index contributed by atoms with van der Waals surface area (Å²) < 4.78 is 39.6. The Balaban J connectivity index is 4.70. The number of allylic oxidation sites excluding steroid dienone is 12. The van der Waals surface area contributed by atoms with Gasteiger partial charge in [0, 0.05) is 19.3 Å². The molecule has 0 aromatic carbocycles. The first kappa shape index (κ1) is 72.9. The Labute approximate surface area is 465 Å². The highest BCUT2D eigenvalue weighted by molar-refractivity contribution is 7.47. The fourth-order valence-corrected chi connectivity index (χ4v) is 9.22. The summed E-state index contributed by atoms with van der Waals surface area (Å²) in [4.78, 5) is 48.6. The van der Waals surface area contributed by atoms with Crippen LogP contribution in [0.25, 0.3) is 0 Å². The van der Waals surface area contributed by atoms with Crippen molar-refractivity contribution in [3.05, 3.63) is 72.9 Å². The molecule has 0 spiro atoms. The first-order valence-electron chi connectivity index (χ1n) is 30.8. The number of aliphatic hydroxyl groups excluding tert-OH is 1. The molecule has 76 heavy (non-hydrogen) atoms. The smallest absolute Gasteiger partial charge is 0.462 e. The fourth-order valence-electron chi connectivity index (χ4n) is 8.44. The first-order chi connectivity index (χ1) is 37.2. The van der Waals surface area contributed by atoms with E-state index in [4.69, 9.17) is 23.3 Å². The molecule has 3 atom stereocenters. The normalized spacial score (nSPS) is 13.8. The van der Waals surface area contributed by atoms with Crippen LogP contribution in [0, 0.1) is 0 Å². The van der Waals surface area contributed by atoms with Crippen molar-refractivity contribution in [2.24, 2.45) is 0 Å². The third kappa shape index (κ3) is 55.7. The summed E-state index contributed by atoms with van der Waals surface area (Å²) in [6.45, 7) is 4.51. The minimum atomic E-state index is -4.76. The highest BCUT2D eigenvalue weighted by atomic mass is 31.2. The van der Waals surface area contributed by atoms with Crippen LogP contribution in [-0.4, -0.2) is 66.5 Å². The number of phosphoric ester groups is 1. The molecule has 0 aromatic rings. The Hall–Kier alpha value is -3.08. The third-order valence-corrected chi connectivity index (χ3v) is 14.1. The average molecular weight is 1090 g/mol. The quantitative estimate of drug-likeness (QED) is 0.0197. The molecule has 0 rings (SSSR count). The minimum absolute atomic E-state index is 0.151. The van der Waals surface area contributed by atoms with E-state index in [1.54, 1.807) is 0 Å². The third-order valence-electron chi connectivity index (χ3n) is 13.1. The number of ether oxygens (including phenoxy) is 3. The standard InChI is InChI=1S/C64H113O11P/c1-4-7-10-13-16-19-22-25-27-29-30-32-34-37-40-43-46-49-52-55-64(68)75-61(57-71-62(66)53-50-47-44-41-38-35-24-21-18-15-12-9-6-3)59-73-76(69,70)72-58-60(56-65)74-63(67)54-51-48-45-42-39-36-33-31-28-26-23-20-17-14-11-8-5-2/h7,10,16-17,19-20,25-28,30,32,60-61,65H,4-6,8-9,11-15,18,21-24,29,31,33-59H2,1-3H3,(H,69,70)/b10-7-,19-16-,20-17-,27-25-,28-26-,32-30-. The SMILES string of the molecule is CC/C=C\C/C=C\C/C=C\C/C=C\CCCCCCCCC(=O)OC(COC(=O)CCCCCCCCCCCCCCC)COP(=O)(O)OCC(CO)OC(=O)CCCCCCCCC/C=C\C/C=C\CCCCC. The van der Waals surface area contributed by atoms with Crippen molar-refractivity contribution in [3.8, 4) is 0 Å². The molecule has 0 saturated heterocycles. The lowest BCUT2D eigenvalue weighted by Gasteiger charge is -2.21. The molecule has 0 fully saturated rings. The van der Waals surface area contributed by atoms with Crippen molar-refractivity contribution in [2.45, 2.75) is 290 Å². The molecular weight excluding hydrogens is 976 g/mol. The maximum absolute atomic E-state index is 12.9. The van der Waals surface area contributed by atoms with Gasteiger partial charge in [0.25, 0.3) is 0 Å². The zero-order chi connectivity index (χ0) is 55.5. The van der Waals surface area contributed by atoms with Gasteiger partial charge in [-0.1, -0.05) is 241 Å². The van der Waals surface area contributed by atoms with Gasteiger partial charge in [-0.25, -0.2) is 4.57 Å². The summed E-state index contributed by atoms with van der Waals surface area (Å²) in [6, 6.07) is 0. The van der Waals surface area contributed by atoms with E-state index in [0.29, 0.717) is 19.3 Å². The van der Waals surface area contributed by atoms with Gasteiger partial charge >= 0.3 is 25.7 Å². The second kappa shape index (κ2) is 58.1. The summed E-state index contributed by atoms with van der Waals surface area (Å²) in [5.41, 5.74) is 0. The molecule has 11 nitrogen and oxygen atoms in total. The highest BCUT2D eigenvalue weighted by Crippen LogP contribution is 2.43. The molecule has 0 amide bonds. The number of phosphoric acid groups is 1. The van der Waals surface area contributed by atoms with Crippen LogP contribution < -0.4 is 0 Å². The first-order valence-corrected chi connectivity index (χ1v) is 32.3. The molecule has 3 unspecified atom stereocenters. The van der Waals surface area contributed by atoms with Gasteiger partial charge in [-0.05, 0) is 89.9 Å². The monoisotopic (exact) mass is 1090 g/mol. The van der Waals surface area contributed by atoms with Gasteiger partial charge in [0.15, 0.2) is 6.10 Å². The van der Waals surface area contributed by atoms with Crippen LogP contribution in [0.15, 0.2) is 72.9 Å². The fraction of sp³-hybridized carbons (Fsp3) is 0.766. The average Bonchev–Trinajstić information content (AvgIpc) is 3.41. The van der Waals surface area contributed by atoms with E-state index in [1.165, 1.54) is 96.3 Å². The van der Waals surface area contributed by atoms with Crippen LogP contribution in [0.3, 0.4) is 0 Å². The second-order valence-electron chi connectivity index (χ2n) is 20.5. The van der Waals surface area contributed by atoms with Gasteiger partial charge in [-0.3, -0.25) is 23.4 Å². The lowest BCUT2D eigenvalue weighted by molar-refractivity contribution is -0.161. The van der Waals surface area contributed by atoms with Gasteiger partial charge in [-0.15, -0.1) is 0 Å². The largest absolute Gasteiger partial charge is 0.472 e. The van der Waals surface area contributed by atoms with Crippen LogP contribution >= 0.6 is 7.82 Å². The van der Waals surface area contributed by atoms with Gasteiger partial charge in [0.2, 0.25) is 0 Å². The number of aliphatic hydroxyl groups is 1. The predicted molar refractivity (Wildman–Crippen MR) is 316 cm³/mol. The number of carbonyl (C=O) groups is 3. The topological polar surface area (TPSA) is 155 Å². The molecule has 12 heteroatoms. The zero-order valence-corrected chi connectivity index (χ0v) is 49.6. The molecule has 2 N–H and O–H groups in total. The van der Waals surface area contributed by atoms with E-state index in [9.17, 15) is 28.9 Å². The van der Waals surface area contributed by atoms with E-state index in [0.717, 1.165) is 122 Å². The molecule has 0 aliphatic heterocycles. The van der Waals surface area contributed by atoms with Crippen LogP contribution in [0.1, 0.15) is 278 Å². The molecule has 440 valence electrons. The lowest BCUT2D eigenvalue weighted by Crippen LogP contribution is -2.30. The van der Waals surface area contributed by atoms with Crippen molar-refractivity contribution in [3.63, 3.8) is 0 Å². The predicted octanol–water partition coefficient (Wildman–Crippen LogP) is 18.5. The number of carbonyl (C=O) groups excluding carboxylic acids is 3. The van der Waals surface area contributed by atoms with Gasteiger partial charge < -0.3 is 24.2 Å². The number of rotatable bonds is 57. The summed E-state index contributed by atoms with van der Waals surface area (Å²) >= 11 is 0. The van der Waals surface area contributed by atoms with Crippen molar-refractivity contribution in [1.82, 2.24) is 0 Å². The van der Waals surface area contributed by atoms with E-state index >= 15 is 0 Å². The van der Waals surface area contributed by atoms with Crippen molar-refractivity contribution >= 4 is 25.7 Å². The van der Waals surface area contributed by atoms with E-state index in [1.807, 2.05) is 0 Å². The number of esters is 3. The van der Waals surface area contributed by atoms with Crippen molar-refractivity contribution in [2.75, 3.05) is 26.4 Å². The Bertz CT molecular complexity index is 1550. The lowest BCUT2D eigenvalue weighted by atomic mass is 10.0. The summed E-state index contributed by atoms with van der Waals surface area (Å²) in [7, 11) is -4.76. The number of hydrogen-bond acceptors (Lipinski definition) is 10. The Morgan fingerprint density at radius 2 is 0.684 bits per heavy atom.